The van der Waals surface area contributed by atoms with E-state index in [2.05, 4.69) is 5.32 Å². The molecule has 126 valence electrons. The van der Waals surface area contributed by atoms with E-state index in [0.717, 1.165) is 0 Å². The van der Waals surface area contributed by atoms with E-state index in [1.54, 1.807) is 0 Å². The third-order valence-electron chi connectivity index (χ3n) is 3.61. The Labute approximate surface area is 156 Å². The minimum Gasteiger partial charge on any atom is -0.493 e. The van der Waals surface area contributed by atoms with E-state index >= 15 is 0 Å². The molecule has 2 aromatic carbocycles. The highest BCUT2D eigenvalue weighted by Crippen LogP contribution is 2.36. The lowest BCUT2D eigenvalue weighted by Crippen LogP contribution is -2.38. The molecule has 1 saturated heterocycles. The van der Waals surface area contributed by atoms with Crippen molar-refractivity contribution < 1.29 is 33.7 Å². The number of halogens is 1. The van der Waals surface area contributed by atoms with Crippen LogP contribution in [0.2, 0.25) is 0 Å². The van der Waals surface area contributed by atoms with E-state index in [-0.39, 0.29) is 17.2 Å². The lowest BCUT2D eigenvalue weighted by Gasteiger charge is -2.32. The summed E-state index contributed by atoms with van der Waals surface area (Å²) in [6, 6.07) is 0.298. The van der Waals surface area contributed by atoms with Gasteiger partial charge in [0.15, 0.2) is 11.5 Å². The fourth-order valence-corrected chi connectivity index (χ4v) is 2.40. The Hall–Kier alpha value is -2.27. The van der Waals surface area contributed by atoms with Crippen molar-refractivity contribution in [2.75, 3.05) is 26.3 Å². The number of nitrogens with one attached hydrogen (secondary N) is 1. The van der Waals surface area contributed by atoms with Gasteiger partial charge in [0, 0.05) is 25.3 Å². The summed E-state index contributed by atoms with van der Waals surface area (Å²) >= 11 is 0. The molecular formula is C19H20FNO3. The van der Waals surface area contributed by atoms with Gasteiger partial charge in [-0.25, -0.2) is 4.39 Å². The van der Waals surface area contributed by atoms with Crippen LogP contribution in [0.1, 0.15) is 33.0 Å². The molecule has 0 saturated carbocycles. The molecular weight excluding hydrogens is 309 g/mol. The molecule has 2 aliphatic rings. The van der Waals surface area contributed by atoms with Crippen LogP contribution in [0.3, 0.4) is 0 Å². The minimum atomic E-state index is -2.80. The summed E-state index contributed by atoms with van der Waals surface area (Å²) in [6.45, 7) is -8.35. The second kappa shape index (κ2) is 6.69. The summed E-state index contributed by atoms with van der Waals surface area (Å²) in [5.74, 6) is -5.26. The summed E-state index contributed by atoms with van der Waals surface area (Å²) in [6.07, 6.45) is -0.622. The maximum atomic E-state index is 14.1. The van der Waals surface area contributed by atoms with Crippen LogP contribution in [-0.4, -0.2) is 26.3 Å². The summed E-state index contributed by atoms with van der Waals surface area (Å²) in [7, 11) is 0. The van der Waals surface area contributed by atoms with Crippen molar-refractivity contribution in [3.05, 3.63) is 53.7 Å². The molecule has 2 aliphatic heterocycles. The Kier molecular flexibility index (Phi) is 2.04. The first kappa shape index (κ1) is 7.31. The fourth-order valence-electron chi connectivity index (χ4n) is 2.40. The quantitative estimate of drug-likeness (QED) is 0.927. The van der Waals surface area contributed by atoms with Gasteiger partial charge >= 0.3 is 0 Å². The Morgan fingerprint density at radius 2 is 2.12 bits per heavy atom. The van der Waals surface area contributed by atoms with Crippen LogP contribution < -0.4 is 19.5 Å². The molecule has 2 heterocycles. The van der Waals surface area contributed by atoms with E-state index in [9.17, 15) is 4.39 Å². The summed E-state index contributed by atoms with van der Waals surface area (Å²) < 4.78 is 119. The molecule has 1 fully saturated rings. The van der Waals surface area contributed by atoms with Gasteiger partial charge in [0.1, 0.15) is 14.3 Å². The maximum absolute atomic E-state index is 14.1. The molecule has 1 N–H and O–H groups in total. The SMILES string of the molecule is [2H]c1c([2H])c([C@@H]2CC([2H])([2H])NC([2H])([2H])C2([2H])COc2ccc3c(c2)OC([2H])([2H])O3)c([2H])c([2H])c1F. The molecule has 0 aliphatic carbocycles. The average Bonchev–Trinajstić information content (AvgIpc) is 3.05. The molecule has 0 spiro atoms. The van der Waals surface area contributed by atoms with Gasteiger partial charge in [0.25, 0.3) is 0 Å². The van der Waals surface area contributed by atoms with Crippen LogP contribution in [0.5, 0.6) is 17.2 Å². The second-order valence-electron chi connectivity index (χ2n) is 5.12. The summed E-state index contributed by atoms with van der Waals surface area (Å²) in [5.41, 5.74) is -0.492. The average molecular weight is 340 g/mol. The van der Waals surface area contributed by atoms with Crippen LogP contribution in [-0.2, 0) is 0 Å². The van der Waals surface area contributed by atoms with Crippen molar-refractivity contribution in [2.24, 2.45) is 5.89 Å². The van der Waals surface area contributed by atoms with Crippen LogP contribution in [0.25, 0.3) is 0 Å². The number of ether oxygens (including phenoxy) is 3. The Morgan fingerprint density at radius 3 is 3.00 bits per heavy atom. The van der Waals surface area contributed by atoms with Crippen LogP contribution >= 0.6 is 0 Å². The Balaban J connectivity index is 1.75. The number of hydrogen-bond donors (Lipinski definition) is 1. The molecule has 24 heavy (non-hydrogen) atoms. The van der Waals surface area contributed by atoms with Gasteiger partial charge in [0.2, 0.25) is 6.75 Å². The van der Waals surface area contributed by atoms with E-state index in [1.807, 2.05) is 0 Å². The van der Waals surface area contributed by atoms with Gasteiger partial charge in [-0.1, -0.05) is 12.1 Å². The second-order valence-corrected chi connectivity index (χ2v) is 5.12. The number of piperidine rings is 1. The zero-order chi connectivity index (χ0) is 26.1. The lowest BCUT2D eigenvalue weighted by molar-refractivity contribution is 0.173. The molecule has 0 bridgehead atoms. The van der Waals surface area contributed by atoms with Crippen molar-refractivity contribution in [1.29, 1.82) is 0 Å². The first-order valence-electron chi connectivity index (χ1n) is 12.7. The van der Waals surface area contributed by atoms with Gasteiger partial charge in [-0.15, -0.1) is 0 Å². The normalized spacial score (nSPS) is 38.4. The van der Waals surface area contributed by atoms with Crippen molar-refractivity contribution in [1.82, 2.24) is 5.32 Å². The third-order valence-corrected chi connectivity index (χ3v) is 3.61. The van der Waals surface area contributed by atoms with Gasteiger partial charge in [-0.05, 0) is 48.6 Å². The molecule has 0 aromatic heterocycles. The minimum absolute atomic E-state index is 0.00214. The Bertz CT molecular complexity index is 1170. The van der Waals surface area contributed by atoms with Crippen LogP contribution in [0.15, 0.2) is 42.4 Å². The predicted molar refractivity (Wildman–Crippen MR) is 88.2 cm³/mol. The predicted octanol–water partition coefficient (Wildman–Crippen LogP) is 3.33. The molecule has 1 unspecified atom stereocenters. The van der Waals surface area contributed by atoms with Gasteiger partial charge in [0.05, 0.1) is 12.1 Å². The van der Waals surface area contributed by atoms with Gasteiger partial charge < -0.3 is 19.5 Å². The monoisotopic (exact) mass is 340 g/mol. The van der Waals surface area contributed by atoms with E-state index < -0.39 is 80.1 Å². The molecule has 4 rings (SSSR count). The first-order chi connectivity index (χ1) is 16.0. The summed E-state index contributed by atoms with van der Waals surface area (Å²) in [5, 5.41) is 2.11. The largest absolute Gasteiger partial charge is 0.493 e. The van der Waals surface area contributed by atoms with Crippen molar-refractivity contribution in [2.45, 2.75) is 12.3 Å². The van der Waals surface area contributed by atoms with Gasteiger partial charge in [-0.3, -0.25) is 0 Å². The number of fused-ring (bicyclic) bond motifs is 1. The molecule has 4 nitrogen and oxygen atoms in total. The smallest absolute Gasteiger partial charge is 0.231 e. The summed E-state index contributed by atoms with van der Waals surface area (Å²) in [4.78, 5) is 0. The van der Waals surface area contributed by atoms with E-state index in [0.29, 0.717) is 0 Å². The third kappa shape index (κ3) is 3.17. The van der Waals surface area contributed by atoms with Crippen LogP contribution in [0.4, 0.5) is 4.39 Å². The zero-order valence-corrected chi connectivity index (χ0v) is 12.3. The molecule has 2 aromatic rings. The molecule has 2 atom stereocenters. The van der Waals surface area contributed by atoms with Crippen LogP contribution in [0, 0.1) is 11.7 Å². The number of benzene rings is 2. The van der Waals surface area contributed by atoms with Crippen molar-refractivity contribution >= 4 is 0 Å². The standard InChI is InChI=1S/C19H20FNO3/c20-15-3-1-13(2-4-15)17-7-8-21-10-14(17)11-22-16-5-6-18-19(9-16)24-12-23-18/h1-6,9,14,17,21H,7-8,10-12H2/t14?,17-/m0/s1/i1D,2D,3D,4D,8D2,10D2,12D2,14D. The zero-order valence-electron chi connectivity index (χ0n) is 23.3. The van der Waals surface area contributed by atoms with E-state index in [4.69, 9.17) is 29.3 Å². The fraction of sp³-hybridized carbons (Fsp3) is 0.368. The topological polar surface area (TPSA) is 39.7 Å². The number of hydrogen-bond acceptors (Lipinski definition) is 4. The van der Waals surface area contributed by atoms with Crippen molar-refractivity contribution in [3.8, 4) is 17.2 Å². The molecule has 0 amide bonds. The van der Waals surface area contributed by atoms with Crippen molar-refractivity contribution in [3.63, 3.8) is 0 Å². The lowest BCUT2D eigenvalue weighted by atomic mass is 9.81. The molecule has 0 radical (unpaired) electrons. The first-order valence-corrected chi connectivity index (χ1v) is 7.18. The molecule has 5 heteroatoms. The highest BCUT2D eigenvalue weighted by molar-refractivity contribution is 5.46. The highest BCUT2D eigenvalue weighted by Gasteiger charge is 2.27. The highest BCUT2D eigenvalue weighted by atomic mass is 19.1. The van der Waals surface area contributed by atoms with E-state index in [1.165, 1.54) is 18.2 Å². The van der Waals surface area contributed by atoms with Gasteiger partial charge in [-0.2, -0.15) is 0 Å². The Morgan fingerprint density at radius 1 is 1.29 bits per heavy atom. The maximum Gasteiger partial charge on any atom is 0.231 e. The number of rotatable bonds is 4.